The van der Waals surface area contributed by atoms with E-state index in [1.807, 2.05) is 6.07 Å². The molecule has 2 aromatic rings. The molecule has 4 nitrogen and oxygen atoms in total. The average Bonchev–Trinajstić information content (AvgIpc) is 2.79. The zero-order valence-electron chi connectivity index (χ0n) is 20.7. The number of halogens is 3. The molecule has 7 heteroatoms. The summed E-state index contributed by atoms with van der Waals surface area (Å²) in [7, 11) is 0. The zero-order chi connectivity index (χ0) is 25.4. The van der Waals surface area contributed by atoms with Gasteiger partial charge in [0.05, 0.1) is 17.1 Å². The van der Waals surface area contributed by atoms with Crippen LogP contribution in [0, 0.1) is 22.5 Å². The van der Waals surface area contributed by atoms with Crippen molar-refractivity contribution in [2.24, 2.45) is 20.8 Å². The fraction of sp³-hybridized carbons (Fsp3) is 0.357. The van der Waals surface area contributed by atoms with Gasteiger partial charge in [-0.2, -0.15) is 0 Å². The maximum Gasteiger partial charge on any atom is 0.133 e. The van der Waals surface area contributed by atoms with Crippen LogP contribution in [0.2, 0.25) is 0 Å². The van der Waals surface area contributed by atoms with Crippen molar-refractivity contribution >= 4 is 23.3 Å². The van der Waals surface area contributed by atoms with Crippen molar-refractivity contribution in [3.8, 4) is 0 Å². The Hall–Kier alpha value is -2.99. The molecule has 2 aliphatic heterocycles. The lowest BCUT2D eigenvalue weighted by Gasteiger charge is -2.37. The number of aliphatic imine (C=N–C) groups is 2. The average molecular weight is 497 g/mol. The molecule has 2 aliphatic rings. The Kier molecular flexibility index (Phi) is 6.87. The molecule has 0 saturated heterocycles. The van der Waals surface area contributed by atoms with E-state index in [1.54, 1.807) is 24.4 Å². The number of benzene rings is 2. The zero-order valence-corrected chi connectivity index (χ0v) is 21.4. The van der Waals surface area contributed by atoms with Gasteiger partial charge in [0.15, 0.2) is 0 Å². The van der Waals surface area contributed by atoms with Crippen LogP contribution in [0.3, 0.4) is 0 Å². The summed E-state index contributed by atoms with van der Waals surface area (Å²) < 4.78 is 27.3. The van der Waals surface area contributed by atoms with Crippen molar-refractivity contribution in [3.05, 3.63) is 94.3 Å². The third-order valence-corrected chi connectivity index (χ3v) is 6.58. The smallest absolute Gasteiger partial charge is 0.133 e. The lowest BCUT2D eigenvalue weighted by molar-refractivity contribution is 0.308. The minimum atomic E-state index is -0.368. The molecule has 0 amide bonds. The number of nitrogens with zero attached hydrogens (tertiary/aromatic N) is 2. The van der Waals surface area contributed by atoms with E-state index in [0.717, 1.165) is 11.3 Å². The Balaban J connectivity index is 1.62. The van der Waals surface area contributed by atoms with E-state index in [0.29, 0.717) is 28.7 Å². The van der Waals surface area contributed by atoms with Crippen LogP contribution < -0.4 is 10.6 Å². The predicted molar refractivity (Wildman–Crippen MR) is 140 cm³/mol. The van der Waals surface area contributed by atoms with Gasteiger partial charge < -0.3 is 10.6 Å². The lowest BCUT2D eigenvalue weighted by atomic mass is 9.78. The van der Waals surface area contributed by atoms with Gasteiger partial charge in [-0.1, -0.05) is 58.4 Å². The van der Waals surface area contributed by atoms with Gasteiger partial charge in [0.2, 0.25) is 0 Å². The molecule has 0 saturated carbocycles. The summed E-state index contributed by atoms with van der Waals surface area (Å²) in [4.78, 5) is 9.79. The third kappa shape index (κ3) is 5.81. The quantitative estimate of drug-likeness (QED) is 0.494. The van der Waals surface area contributed by atoms with Gasteiger partial charge in [-0.3, -0.25) is 9.98 Å². The third-order valence-electron chi connectivity index (χ3n) is 6.26. The Morgan fingerprint density at radius 2 is 1.60 bits per heavy atom. The molecule has 2 atom stereocenters. The van der Waals surface area contributed by atoms with Crippen molar-refractivity contribution < 1.29 is 8.78 Å². The second-order valence-corrected chi connectivity index (χ2v) is 11.3. The van der Waals surface area contributed by atoms with Crippen molar-refractivity contribution in [1.29, 1.82) is 0 Å². The van der Waals surface area contributed by atoms with Crippen LogP contribution in [0.4, 0.5) is 8.78 Å². The molecule has 0 aliphatic carbocycles. The van der Waals surface area contributed by atoms with Crippen molar-refractivity contribution in [1.82, 2.24) is 10.6 Å². The summed E-state index contributed by atoms with van der Waals surface area (Å²) in [5.74, 6) is 0.702. The number of amidine groups is 2. The monoisotopic (exact) mass is 496 g/mol. The normalized spacial score (nSPS) is 20.7. The van der Waals surface area contributed by atoms with Crippen molar-refractivity contribution in [2.45, 2.75) is 53.1 Å². The second kappa shape index (κ2) is 9.57. The molecular weight excluding hydrogens is 466 g/mol. The summed E-state index contributed by atoms with van der Waals surface area (Å²) >= 11 is 6.63. The van der Waals surface area contributed by atoms with Gasteiger partial charge in [-0.05, 0) is 59.7 Å². The van der Waals surface area contributed by atoms with Gasteiger partial charge in [0.1, 0.15) is 23.3 Å². The molecule has 184 valence electrons. The first-order chi connectivity index (χ1) is 16.4. The Morgan fingerprint density at radius 1 is 0.886 bits per heavy atom. The van der Waals surface area contributed by atoms with E-state index < -0.39 is 0 Å². The molecule has 0 radical (unpaired) electrons. The predicted octanol–water partition coefficient (Wildman–Crippen LogP) is 6.53. The first-order valence-corrected chi connectivity index (χ1v) is 12.1. The highest BCUT2D eigenvalue weighted by Crippen LogP contribution is 2.39. The first kappa shape index (κ1) is 25.1. The van der Waals surface area contributed by atoms with Crippen LogP contribution in [0.25, 0.3) is 0 Å². The minimum Gasteiger partial charge on any atom is -0.345 e. The molecule has 35 heavy (non-hydrogen) atoms. The number of nitrogens with one attached hydrogen (secondary N) is 2. The lowest BCUT2D eigenvalue weighted by Crippen LogP contribution is -2.40. The fourth-order valence-corrected chi connectivity index (χ4v) is 4.67. The molecule has 4 rings (SSSR count). The van der Waals surface area contributed by atoms with Gasteiger partial charge in [-0.25, -0.2) is 8.78 Å². The van der Waals surface area contributed by atoms with Gasteiger partial charge in [0, 0.05) is 23.0 Å². The molecule has 0 fully saturated rings. The molecule has 0 spiro atoms. The summed E-state index contributed by atoms with van der Waals surface area (Å²) in [6.07, 6.45) is 4.54. The van der Waals surface area contributed by atoms with E-state index in [2.05, 4.69) is 51.3 Å². The number of hydrogen-bond acceptors (Lipinski definition) is 4. The SMILES string of the molecule is CC(C)(C)C1C=C(CC(C)(C)C2N=C(c3ccc(F)cc3)NC=C2Cl)NC(c2cccc(F)c2)=N1. The van der Waals surface area contributed by atoms with Gasteiger partial charge in [-0.15, -0.1) is 0 Å². The number of rotatable bonds is 5. The standard InChI is InChI=1S/C28H31ClF2N4/c1-27(2,3)23-14-21(33-26(34-23)18-7-6-8-20(31)13-18)15-28(4,5)24-22(29)16-32-25(35-24)17-9-11-19(30)12-10-17/h6-14,16,23-24H,15H2,1-5H3,(H,32,35)(H,33,34). The molecular formula is C28H31ClF2N4. The summed E-state index contributed by atoms with van der Waals surface area (Å²) in [6, 6.07) is 12.3. The highest BCUT2D eigenvalue weighted by molar-refractivity contribution is 6.30. The largest absolute Gasteiger partial charge is 0.345 e. The van der Waals surface area contributed by atoms with E-state index in [9.17, 15) is 8.78 Å². The number of hydrogen-bond donors (Lipinski definition) is 2. The van der Waals surface area contributed by atoms with E-state index >= 15 is 0 Å². The highest BCUT2D eigenvalue weighted by Gasteiger charge is 2.36. The summed E-state index contributed by atoms with van der Waals surface area (Å²) in [6.45, 7) is 10.7. The van der Waals surface area contributed by atoms with Gasteiger partial charge in [0.25, 0.3) is 0 Å². The van der Waals surface area contributed by atoms with Crippen LogP contribution in [0.5, 0.6) is 0 Å². The Bertz CT molecular complexity index is 1220. The second-order valence-electron chi connectivity index (χ2n) is 10.8. The van der Waals surface area contributed by atoms with Crippen LogP contribution in [-0.4, -0.2) is 23.8 Å². The van der Waals surface area contributed by atoms with E-state index in [-0.39, 0.29) is 34.5 Å². The minimum absolute atomic E-state index is 0.0786. The summed E-state index contributed by atoms with van der Waals surface area (Å²) in [5, 5.41) is 7.15. The molecule has 2 aromatic carbocycles. The van der Waals surface area contributed by atoms with E-state index in [4.69, 9.17) is 21.6 Å². The van der Waals surface area contributed by atoms with Gasteiger partial charge >= 0.3 is 0 Å². The first-order valence-electron chi connectivity index (χ1n) is 11.7. The van der Waals surface area contributed by atoms with E-state index in [1.165, 1.54) is 24.3 Å². The molecule has 0 bridgehead atoms. The molecule has 2 N–H and O–H groups in total. The number of allylic oxidation sites excluding steroid dienone is 1. The Labute approximate surface area is 210 Å². The Morgan fingerprint density at radius 3 is 2.26 bits per heavy atom. The maximum absolute atomic E-state index is 13.9. The van der Waals surface area contributed by atoms with Crippen LogP contribution in [0.15, 0.2) is 81.5 Å². The highest BCUT2D eigenvalue weighted by atomic mass is 35.5. The molecule has 0 aromatic heterocycles. The van der Waals surface area contributed by atoms with Crippen LogP contribution in [-0.2, 0) is 0 Å². The topological polar surface area (TPSA) is 48.8 Å². The van der Waals surface area contributed by atoms with Crippen LogP contribution in [0.1, 0.15) is 52.2 Å². The molecule has 2 unspecified atom stereocenters. The fourth-order valence-electron chi connectivity index (χ4n) is 4.27. The van der Waals surface area contributed by atoms with Crippen LogP contribution >= 0.6 is 11.6 Å². The summed E-state index contributed by atoms with van der Waals surface area (Å²) in [5.41, 5.74) is 2.00. The van der Waals surface area contributed by atoms with Crippen molar-refractivity contribution in [3.63, 3.8) is 0 Å². The van der Waals surface area contributed by atoms with Crippen molar-refractivity contribution in [2.75, 3.05) is 0 Å². The maximum atomic E-state index is 13.9. The molecule has 2 heterocycles.